The summed E-state index contributed by atoms with van der Waals surface area (Å²) >= 11 is 1.19. The molecule has 0 aliphatic heterocycles. The number of nitrogen functional groups attached to an aromatic ring is 1. The van der Waals surface area contributed by atoms with Gasteiger partial charge in [-0.15, -0.1) is 11.3 Å². The predicted molar refractivity (Wildman–Crippen MR) is 76.1 cm³/mol. The fraction of sp³-hybridized carbons (Fsp3) is 0.167. The lowest BCUT2D eigenvalue weighted by Crippen LogP contribution is -2.37. The van der Waals surface area contributed by atoms with Crippen molar-refractivity contribution in [2.24, 2.45) is 5.73 Å². The molecule has 0 aliphatic carbocycles. The first-order valence-electron chi connectivity index (χ1n) is 5.78. The Kier molecular flexibility index (Phi) is 4.04. The molecule has 0 fully saturated rings. The molecular formula is C12H13FN4O2S. The summed E-state index contributed by atoms with van der Waals surface area (Å²) in [6.07, 6.45) is 0. The summed E-state index contributed by atoms with van der Waals surface area (Å²) in [5, 5.41) is 5.47. The maximum atomic E-state index is 13.1. The summed E-state index contributed by atoms with van der Waals surface area (Å²) < 4.78 is 13.9. The average Bonchev–Trinajstić information content (AvgIpc) is 2.72. The number of rotatable bonds is 4. The molecule has 1 aromatic carbocycles. The molecule has 0 unspecified atom stereocenters. The molecule has 8 heteroatoms. The molecule has 1 aromatic heterocycles. The molecular weight excluding hydrogens is 283 g/mol. The Morgan fingerprint density at radius 2 is 1.95 bits per heavy atom. The van der Waals surface area contributed by atoms with Crippen LogP contribution in [0.4, 0.5) is 14.9 Å². The number of amides is 3. The SMILES string of the molecule is NC(=O)NCCNC(=O)c1sc2ccc(F)cc2c1N. The summed E-state index contributed by atoms with van der Waals surface area (Å²) in [6, 6.07) is 3.54. The quantitative estimate of drug-likeness (QED) is 0.632. The van der Waals surface area contributed by atoms with Gasteiger partial charge < -0.3 is 22.1 Å². The van der Waals surface area contributed by atoms with Gasteiger partial charge in [0.1, 0.15) is 10.7 Å². The predicted octanol–water partition coefficient (Wildman–Crippen LogP) is 1.02. The third kappa shape index (κ3) is 2.97. The number of fused-ring (bicyclic) bond motifs is 1. The Balaban J connectivity index is 2.10. The van der Waals surface area contributed by atoms with Crippen molar-refractivity contribution in [2.45, 2.75) is 0 Å². The van der Waals surface area contributed by atoms with E-state index in [1.165, 1.54) is 23.5 Å². The lowest BCUT2D eigenvalue weighted by Gasteiger charge is -2.04. The van der Waals surface area contributed by atoms with Crippen molar-refractivity contribution in [3.05, 3.63) is 28.9 Å². The Hall–Kier alpha value is -2.35. The summed E-state index contributed by atoms with van der Waals surface area (Å²) in [4.78, 5) is 22.7. The number of anilines is 1. The number of nitrogens with two attached hydrogens (primary N) is 2. The van der Waals surface area contributed by atoms with E-state index in [-0.39, 0.29) is 24.7 Å². The Morgan fingerprint density at radius 1 is 1.25 bits per heavy atom. The van der Waals surface area contributed by atoms with Gasteiger partial charge >= 0.3 is 6.03 Å². The second-order valence-electron chi connectivity index (χ2n) is 4.03. The van der Waals surface area contributed by atoms with Crippen LogP contribution in [0.3, 0.4) is 0 Å². The largest absolute Gasteiger partial charge is 0.397 e. The van der Waals surface area contributed by atoms with E-state index in [0.29, 0.717) is 10.3 Å². The zero-order valence-electron chi connectivity index (χ0n) is 10.4. The van der Waals surface area contributed by atoms with Crippen LogP contribution in [0.2, 0.25) is 0 Å². The van der Waals surface area contributed by atoms with Gasteiger partial charge in [-0.3, -0.25) is 4.79 Å². The van der Waals surface area contributed by atoms with Crippen molar-refractivity contribution in [3.63, 3.8) is 0 Å². The van der Waals surface area contributed by atoms with E-state index in [4.69, 9.17) is 11.5 Å². The first kappa shape index (κ1) is 14.1. The minimum Gasteiger partial charge on any atom is -0.397 e. The molecule has 1 heterocycles. The van der Waals surface area contributed by atoms with Gasteiger partial charge in [-0.2, -0.15) is 0 Å². The minimum atomic E-state index is -0.656. The smallest absolute Gasteiger partial charge is 0.312 e. The highest BCUT2D eigenvalue weighted by molar-refractivity contribution is 7.21. The van der Waals surface area contributed by atoms with Gasteiger partial charge in [-0.25, -0.2) is 9.18 Å². The Morgan fingerprint density at radius 3 is 2.65 bits per heavy atom. The number of halogens is 1. The number of carbonyl (C=O) groups is 2. The molecule has 2 aromatic rings. The number of nitrogens with one attached hydrogen (secondary N) is 2. The topological polar surface area (TPSA) is 110 Å². The molecule has 0 saturated heterocycles. The highest BCUT2D eigenvalue weighted by Crippen LogP contribution is 2.33. The zero-order valence-corrected chi connectivity index (χ0v) is 11.2. The number of carbonyl (C=O) groups excluding carboxylic acids is 2. The Bertz CT molecular complexity index is 671. The summed E-state index contributed by atoms with van der Waals surface area (Å²) in [5.41, 5.74) is 11.0. The first-order chi connectivity index (χ1) is 9.49. The maximum absolute atomic E-state index is 13.1. The third-order valence-electron chi connectivity index (χ3n) is 2.60. The number of thiophene rings is 1. The monoisotopic (exact) mass is 296 g/mol. The molecule has 0 saturated carbocycles. The van der Waals surface area contributed by atoms with E-state index in [1.54, 1.807) is 6.07 Å². The van der Waals surface area contributed by atoms with E-state index in [9.17, 15) is 14.0 Å². The van der Waals surface area contributed by atoms with Crippen molar-refractivity contribution >= 4 is 39.0 Å². The van der Waals surface area contributed by atoms with E-state index < -0.39 is 11.8 Å². The molecule has 0 radical (unpaired) electrons. The van der Waals surface area contributed by atoms with Crippen LogP contribution in [0.15, 0.2) is 18.2 Å². The van der Waals surface area contributed by atoms with E-state index in [2.05, 4.69) is 10.6 Å². The van der Waals surface area contributed by atoms with Crippen molar-refractivity contribution in [1.29, 1.82) is 0 Å². The molecule has 106 valence electrons. The van der Waals surface area contributed by atoms with Gasteiger partial charge in [0.25, 0.3) is 5.91 Å². The molecule has 6 nitrogen and oxygen atoms in total. The van der Waals surface area contributed by atoms with Gasteiger partial charge in [0.2, 0.25) is 0 Å². The van der Waals surface area contributed by atoms with Crippen LogP contribution in [0.25, 0.3) is 10.1 Å². The number of primary amides is 1. The fourth-order valence-electron chi connectivity index (χ4n) is 1.70. The van der Waals surface area contributed by atoms with Crippen molar-refractivity contribution in [2.75, 3.05) is 18.8 Å². The first-order valence-corrected chi connectivity index (χ1v) is 6.59. The standard InChI is InChI=1S/C12H13FN4O2S/c13-6-1-2-8-7(5-6)9(14)10(20-8)11(18)16-3-4-17-12(15)19/h1-2,5H,3-4,14H2,(H,16,18)(H3,15,17,19). The van der Waals surface area contributed by atoms with Gasteiger partial charge in [0, 0.05) is 23.2 Å². The van der Waals surface area contributed by atoms with Crippen LogP contribution < -0.4 is 22.1 Å². The van der Waals surface area contributed by atoms with Crippen molar-refractivity contribution < 1.29 is 14.0 Å². The molecule has 20 heavy (non-hydrogen) atoms. The Labute approximate surface area is 117 Å². The highest BCUT2D eigenvalue weighted by atomic mass is 32.1. The highest BCUT2D eigenvalue weighted by Gasteiger charge is 2.16. The average molecular weight is 296 g/mol. The van der Waals surface area contributed by atoms with E-state index in [0.717, 1.165) is 4.70 Å². The zero-order chi connectivity index (χ0) is 14.7. The van der Waals surface area contributed by atoms with Crippen molar-refractivity contribution in [3.8, 4) is 0 Å². The van der Waals surface area contributed by atoms with Crippen molar-refractivity contribution in [1.82, 2.24) is 10.6 Å². The summed E-state index contributed by atoms with van der Waals surface area (Å²) in [6.45, 7) is 0.449. The van der Waals surface area contributed by atoms with Crippen LogP contribution in [0.5, 0.6) is 0 Å². The summed E-state index contributed by atoms with van der Waals surface area (Å²) in [5.74, 6) is -0.769. The van der Waals surface area contributed by atoms with Gasteiger partial charge in [-0.05, 0) is 18.2 Å². The molecule has 6 N–H and O–H groups in total. The minimum absolute atomic E-state index is 0.223. The lowest BCUT2D eigenvalue weighted by atomic mass is 10.2. The van der Waals surface area contributed by atoms with E-state index >= 15 is 0 Å². The normalized spacial score (nSPS) is 10.4. The number of hydrogen-bond acceptors (Lipinski definition) is 4. The molecule has 0 bridgehead atoms. The number of hydrogen-bond donors (Lipinski definition) is 4. The van der Waals surface area contributed by atoms with Crippen LogP contribution in [-0.2, 0) is 0 Å². The van der Waals surface area contributed by atoms with Gasteiger partial charge in [0.05, 0.1) is 5.69 Å². The second kappa shape index (κ2) is 5.74. The van der Waals surface area contributed by atoms with Crippen LogP contribution in [0, 0.1) is 5.82 Å². The van der Waals surface area contributed by atoms with Crippen LogP contribution >= 0.6 is 11.3 Å². The molecule has 0 aliphatic rings. The van der Waals surface area contributed by atoms with Gasteiger partial charge in [-0.1, -0.05) is 0 Å². The van der Waals surface area contributed by atoms with Crippen LogP contribution in [-0.4, -0.2) is 25.0 Å². The molecule has 0 atom stereocenters. The van der Waals surface area contributed by atoms with E-state index in [1.807, 2.05) is 0 Å². The number of urea groups is 1. The summed E-state index contributed by atoms with van der Waals surface area (Å²) in [7, 11) is 0. The molecule has 0 spiro atoms. The molecule has 2 rings (SSSR count). The van der Waals surface area contributed by atoms with Crippen LogP contribution in [0.1, 0.15) is 9.67 Å². The third-order valence-corrected chi connectivity index (χ3v) is 3.79. The fourth-order valence-corrected chi connectivity index (χ4v) is 2.72. The second-order valence-corrected chi connectivity index (χ2v) is 5.08. The number of benzene rings is 1. The maximum Gasteiger partial charge on any atom is 0.312 e. The molecule has 3 amide bonds. The van der Waals surface area contributed by atoms with Gasteiger partial charge in [0.15, 0.2) is 0 Å². The lowest BCUT2D eigenvalue weighted by molar-refractivity contribution is 0.0959.